The molecule has 0 aromatic heterocycles. The summed E-state index contributed by atoms with van der Waals surface area (Å²) in [6.07, 6.45) is 76.5. The Morgan fingerprint density at radius 1 is 0.304 bits per heavy atom. The summed E-state index contributed by atoms with van der Waals surface area (Å²) < 4.78 is 16.8. The molecule has 0 aliphatic carbocycles. The minimum absolute atomic E-state index is 0.108. The van der Waals surface area contributed by atoms with Crippen LogP contribution in [-0.2, 0) is 28.6 Å². The van der Waals surface area contributed by atoms with Gasteiger partial charge in [0.2, 0.25) is 0 Å². The second-order valence-electron chi connectivity index (χ2n) is 18.5. The molecule has 0 radical (unpaired) electrons. The van der Waals surface area contributed by atoms with Crippen molar-refractivity contribution in [2.24, 2.45) is 0 Å². The number of hydrogen-bond acceptors (Lipinski definition) is 6. The maximum Gasteiger partial charge on any atom is 0.306 e. The highest BCUT2D eigenvalue weighted by molar-refractivity contribution is 5.71. The molecule has 6 heteroatoms. The van der Waals surface area contributed by atoms with E-state index in [1.807, 2.05) is 0 Å². The van der Waals surface area contributed by atoms with E-state index in [2.05, 4.69) is 130 Å². The van der Waals surface area contributed by atoms with Gasteiger partial charge in [0, 0.05) is 19.3 Å². The van der Waals surface area contributed by atoms with Gasteiger partial charge in [0.15, 0.2) is 6.10 Å². The summed E-state index contributed by atoms with van der Waals surface area (Å²) >= 11 is 0. The second-order valence-corrected chi connectivity index (χ2v) is 18.5. The van der Waals surface area contributed by atoms with Crippen LogP contribution in [0, 0.1) is 0 Å². The van der Waals surface area contributed by atoms with Gasteiger partial charge in [-0.15, -0.1) is 0 Å². The lowest BCUT2D eigenvalue weighted by Crippen LogP contribution is -2.30. The van der Waals surface area contributed by atoms with Gasteiger partial charge in [0.05, 0.1) is 0 Å². The van der Waals surface area contributed by atoms with Crippen molar-refractivity contribution >= 4 is 17.9 Å². The van der Waals surface area contributed by atoms with E-state index in [-0.39, 0.29) is 37.5 Å². The second kappa shape index (κ2) is 56.7. The van der Waals surface area contributed by atoms with Crippen LogP contribution < -0.4 is 0 Å². The number of carbonyl (C=O) groups is 3. The van der Waals surface area contributed by atoms with Gasteiger partial charge in [-0.25, -0.2) is 0 Å². The topological polar surface area (TPSA) is 78.9 Å². The summed E-state index contributed by atoms with van der Waals surface area (Å²) in [4.78, 5) is 38.1. The van der Waals surface area contributed by atoms with Gasteiger partial charge >= 0.3 is 17.9 Å². The molecule has 69 heavy (non-hydrogen) atoms. The summed E-state index contributed by atoms with van der Waals surface area (Å²) in [5.74, 6) is -0.987. The Hall–Kier alpha value is -3.93. The molecule has 0 unspecified atom stereocenters. The molecule has 1 atom stereocenters. The van der Waals surface area contributed by atoms with E-state index >= 15 is 0 Å². The zero-order chi connectivity index (χ0) is 50.0. The zero-order valence-electron chi connectivity index (χ0n) is 44.8. The van der Waals surface area contributed by atoms with E-state index in [9.17, 15) is 14.4 Å². The van der Waals surface area contributed by atoms with Crippen LogP contribution in [0.5, 0.6) is 0 Å². The average Bonchev–Trinajstić information content (AvgIpc) is 3.35. The third-order valence-electron chi connectivity index (χ3n) is 11.7. The molecule has 392 valence electrons. The number of carbonyl (C=O) groups excluding carboxylic acids is 3. The maximum absolute atomic E-state index is 12.8. The normalized spacial score (nSPS) is 12.9. The van der Waals surface area contributed by atoms with Crippen LogP contribution in [0.15, 0.2) is 109 Å². The predicted molar refractivity (Wildman–Crippen MR) is 297 cm³/mol. The third kappa shape index (κ3) is 54.9. The van der Waals surface area contributed by atoms with Crippen LogP contribution in [0.4, 0.5) is 0 Å². The van der Waals surface area contributed by atoms with Gasteiger partial charge in [-0.2, -0.15) is 0 Å². The Kier molecular flexibility index (Phi) is 53.4. The van der Waals surface area contributed by atoms with Crippen LogP contribution >= 0.6 is 0 Å². The van der Waals surface area contributed by atoms with Crippen LogP contribution in [-0.4, -0.2) is 37.2 Å². The molecular weight excluding hydrogens is 853 g/mol. The van der Waals surface area contributed by atoms with E-state index < -0.39 is 6.10 Å². The first-order chi connectivity index (χ1) is 34.0. The number of allylic oxidation sites excluding steroid dienone is 18. The largest absolute Gasteiger partial charge is 0.462 e. The number of ether oxygens (including phenoxy) is 3. The van der Waals surface area contributed by atoms with Crippen LogP contribution in [0.25, 0.3) is 0 Å². The molecule has 0 aliphatic rings. The molecule has 0 spiro atoms. The molecule has 0 amide bonds. The van der Waals surface area contributed by atoms with E-state index in [1.54, 1.807) is 0 Å². The Morgan fingerprint density at radius 3 is 0.971 bits per heavy atom. The van der Waals surface area contributed by atoms with E-state index in [0.29, 0.717) is 19.3 Å². The fourth-order valence-electron chi connectivity index (χ4n) is 7.47. The number of hydrogen-bond donors (Lipinski definition) is 0. The first-order valence-electron chi connectivity index (χ1n) is 28.4. The lowest BCUT2D eigenvalue weighted by molar-refractivity contribution is -0.167. The van der Waals surface area contributed by atoms with Gasteiger partial charge < -0.3 is 14.2 Å². The van der Waals surface area contributed by atoms with Crippen LogP contribution in [0.3, 0.4) is 0 Å². The van der Waals surface area contributed by atoms with Crippen molar-refractivity contribution in [2.45, 2.75) is 258 Å². The predicted octanol–water partition coefficient (Wildman–Crippen LogP) is 19.1. The minimum Gasteiger partial charge on any atom is -0.462 e. The molecule has 0 rings (SSSR count). The maximum atomic E-state index is 12.8. The smallest absolute Gasteiger partial charge is 0.306 e. The fourth-order valence-corrected chi connectivity index (χ4v) is 7.47. The SMILES string of the molecule is CC/C=C\C/C=C\C/C=C\C/C=C\CCCCC(=O)OC[C@H](COC(=O)CCCCCCCCC/C=C\CCCCCCCC)OC(=O)CCCCC/C=C\C/C=C\C/C=C\C/C=C\CCCCC. The molecule has 0 saturated heterocycles. The van der Waals surface area contributed by atoms with Crippen molar-refractivity contribution in [3.63, 3.8) is 0 Å². The van der Waals surface area contributed by atoms with Crippen molar-refractivity contribution in [1.29, 1.82) is 0 Å². The van der Waals surface area contributed by atoms with Gasteiger partial charge in [-0.3, -0.25) is 14.4 Å². The lowest BCUT2D eigenvalue weighted by Gasteiger charge is -2.18. The van der Waals surface area contributed by atoms with Gasteiger partial charge in [-0.05, 0) is 128 Å². The van der Waals surface area contributed by atoms with Crippen molar-refractivity contribution in [2.75, 3.05) is 13.2 Å². The Morgan fingerprint density at radius 2 is 0.565 bits per heavy atom. The first-order valence-corrected chi connectivity index (χ1v) is 28.4. The van der Waals surface area contributed by atoms with Gasteiger partial charge in [0.1, 0.15) is 13.2 Å². The molecule has 0 heterocycles. The zero-order valence-corrected chi connectivity index (χ0v) is 44.8. The van der Waals surface area contributed by atoms with Crippen molar-refractivity contribution in [1.82, 2.24) is 0 Å². The Labute approximate surface area is 425 Å². The lowest BCUT2D eigenvalue weighted by atomic mass is 10.1. The van der Waals surface area contributed by atoms with Crippen LogP contribution in [0.1, 0.15) is 252 Å². The molecule has 0 aliphatic heterocycles. The monoisotopic (exact) mass is 957 g/mol. The number of esters is 3. The first kappa shape index (κ1) is 65.1. The van der Waals surface area contributed by atoms with E-state index in [1.165, 1.54) is 103 Å². The highest BCUT2D eigenvalue weighted by Crippen LogP contribution is 2.13. The molecule has 0 fully saturated rings. The highest BCUT2D eigenvalue weighted by atomic mass is 16.6. The highest BCUT2D eigenvalue weighted by Gasteiger charge is 2.19. The summed E-state index contributed by atoms with van der Waals surface area (Å²) in [5, 5.41) is 0. The van der Waals surface area contributed by atoms with Crippen molar-refractivity contribution < 1.29 is 28.6 Å². The average molecular weight is 958 g/mol. The Bertz CT molecular complexity index is 1420. The summed E-state index contributed by atoms with van der Waals surface area (Å²) in [6.45, 7) is 6.43. The molecule has 0 N–H and O–H groups in total. The summed E-state index contributed by atoms with van der Waals surface area (Å²) in [5.41, 5.74) is 0. The quantitative estimate of drug-likeness (QED) is 0.0262. The molecule has 0 aromatic rings. The molecule has 0 saturated carbocycles. The molecular formula is C63H104O6. The van der Waals surface area contributed by atoms with Crippen molar-refractivity contribution in [3.05, 3.63) is 109 Å². The number of rotatable bonds is 50. The number of unbranched alkanes of at least 4 members (excludes halogenated alkanes) is 21. The fraction of sp³-hybridized carbons (Fsp3) is 0.667. The standard InChI is InChI=1S/C63H104O6/c1-4-7-10-13-16-19-22-25-28-30-31-33-36-39-42-45-48-51-54-57-63(66)69-60(58-67-61(64)55-52-49-46-43-40-37-34-27-24-21-18-15-12-9-6-3)59-68-62(65)56-53-50-47-44-41-38-35-32-29-26-23-20-17-14-11-8-5-2/h9,12,16,18-19,21,25-29,31,33-34,39-40,42-43,60H,4-8,10-11,13-15,17,20,22-24,30,32,35-38,41,44-59H2,1-3H3/b12-9-,19-16-,21-18-,28-25-,29-26-,33-31-,34-27-,42-39-,43-40-/t60-/m1/s1. The molecule has 6 nitrogen and oxygen atoms in total. The van der Waals surface area contributed by atoms with Gasteiger partial charge in [0.25, 0.3) is 0 Å². The minimum atomic E-state index is -0.816. The van der Waals surface area contributed by atoms with E-state index in [0.717, 1.165) is 103 Å². The Balaban J connectivity index is 4.52. The van der Waals surface area contributed by atoms with Crippen molar-refractivity contribution in [3.8, 4) is 0 Å². The van der Waals surface area contributed by atoms with E-state index in [4.69, 9.17) is 14.2 Å². The third-order valence-corrected chi connectivity index (χ3v) is 11.7. The molecule has 0 bridgehead atoms. The van der Waals surface area contributed by atoms with Gasteiger partial charge in [-0.1, -0.05) is 214 Å². The van der Waals surface area contributed by atoms with Crippen LogP contribution in [0.2, 0.25) is 0 Å². The molecule has 0 aromatic carbocycles. The summed E-state index contributed by atoms with van der Waals surface area (Å²) in [6, 6.07) is 0. The summed E-state index contributed by atoms with van der Waals surface area (Å²) in [7, 11) is 0.